The number of rotatable bonds is 5. The van der Waals surface area contributed by atoms with E-state index < -0.39 is 11.5 Å². The highest BCUT2D eigenvalue weighted by atomic mass is 16.5. The maximum absolute atomic E-state index is 11.8. The molecule has 0 aliphatic heterocycles. The van der Waals surface area contributed by atoms with Crippen LogP contribution < -0.4 is 15.2 Å². The van der Waals surface area contributed by atoms with Crippen molar-refractivity contribution in [3.63, 3.8) is 0 Å². The predicted molar refractivity (Wildman–Crippen MR) is 72.3 cm³/mol. The molecule has 5 nitrogen and oxygen atoms in total. The Balaban J connectivity index is 3.23. The first-order valence-electron chi connectivity index (χ1n) is 5.94. The Morgan fingerprint density at radius 2 is 1.84 bits per heavy atom. The first-order valence-corrected chi connectivity index (χ1v) is 5.94. The van der Waals surface area contributed by atoms with Gasteiger partial charge < -0.3 is 19.9 Å². The van der Waals surface area contributed by atoms with Crippen molar-refractivity contribution in [3.05, 3.63) is 23.8 Å². The Bertz CT molecular complexity index is 457. The molecule has 2 N–H and O–H groups in total. The number of hydrogen-bond donors (Lipinski definition) is 1. The van der Waals surface area contributed by atoms with E-state index in [1.165, 1.54) is 7.11 Å². The van der Waals surface area contributed by atoms with Gasteiger partial charge in [0.2, 0.25) is 0 Å². The molecular weight excluding hydrogens is 246 g/mol. The van der Waals surface area contributed by atoms with Crippen molar-refractivity contribution in [1.82, 2.24) is 0 Å². The molecule has 0 heterocycles. The zero-order valence-corrected chi connectivity index (χ0v) is 12.0. The van der Waals surface area contributed by atoms with E-state index >= 15 is 0 Å². The van der Waals surface area contributed by atoms with Gasteiger partial charge in [-0.2, -0.15) is 0 Å². The summed E-state index contributed by atoms with van der Waals surface area (Å²) in [6, 6.07) is 4.75. The van der Waals surface area contributed by atoms with Gasteiger partial charge >= 0.3 is 5.97 Å². The van der Waals surface area contributed by atoms with Gasteiger partial charge in [0.1, 0.15) is 11.5 Å². The summed E-state index contributed by atoms with van der Waals surface area (Å²) in [5.74, 6) is 0.905. The Morgan fingerprint density at radius 3 is 2.32 bits per heavy atom. The van der Waals surface area contributed by atoms with Crippen LogP contribution in [0.4, 0.5) is 0 Å². The van der Waals surface area contributed by atoms with Crippen molar-refractivity contribution in [2.75, 3.05) is 21.3 Å². The maximum atomic E-state index is 11.8. The molecule has 5 heteroatoms. The Kier molecular flexibility index (Phi) is 4.78. The molecule has 1 aromatic carbocycles. The molecule has 0 fully saturated rings. The van der Waals surface area contributed by atoms with Crippen LogP contribution >= 0.6 is 0 Å². The molecule has 1 unspecified atom stereocenters. The maximum Gasteiger partial charge on any atom is 0.313 e. The molecule has 0 amide bonds. The van der Waals surface area contributed by atoms with Crippen LogP contribution in [-0.2, 0) is 9.53 Å². The van der Waals surface area contributed by atoms with Crippen LogP contribution in [0.25, 0.3) is 0 Å². The minimum absolute atomic E-state index is 0.370. The van der Waals surface area contributed by atoms with Gasteiger partial charge in [0.25, 0.3) is 0 Å². The molecule has 0 aromatic heterocycles. The fourth-order valence-corrected chi connectivity index (χ4v) is 1.86. The highest BCUT2D eigenvalue weighted by Gasteiger charge is 2.38. The quantitative estimate of drug-likeness (QED) is 0.825. The summed E-state index contributed by atoms with van der Waals surface area (Å²) in [7, 11) is 4.48. The summed E-state index contributed by atoms with van der Waals surface area (Å²) < 4.78 is 15.3. The van der Waals surface area contributed by atoms with Crippen LogP contribution in [0, 0.1) is 5.41 Å². The fourth-order valence-electron chi connectivity index (χ4n) is 1.86. The summed E-state index contributed by atoms with van der Waals surface area (Å²) >= 11 is 0. The molecule has 1 aromatic rings. The Labute approximate surface area is 113 Å². The third-order valence-electron chi connectivity index (χ3n) is 3.26. The third-order valence-corrected chi connectivity index (χ3v) is 3.26. The molecule has 0 aliphatic carbocycles. The van der Waals surface area contributed by atoms with E-state index in [1.807, 2.05) is 0 Å². The number of hydrogen-bond acceptors (Lipinski definition) is 5. The number of esters is 1. The average molecular weight is 267 g/mol. The molecule has 0 saturated carbocycles. The summed E-state index contributed by atoms with van der Waals surface area (Å²) in [4.78, 5) is 11.8. The first kappa shape index (κ1) is 15.3. The van der Waals surface area contributed by atoms with Crippen molar-refractivity contribution in [2.45, 2.75) is 19.9 Å². The van der Waals surface area contributed by atoms with Gasteiger partial charge in [-0.05, 0) is 32.0 Å². The van der Waals surface area contributed by atoms with Gasteiger partial charge in [0.15, 0.2) is 0 Å². The van der Waals surface area contributed by atoms with Gasteiger partial charge in [-0.1, -0.05) is 0 Å². The number of nitrogens with two attached hydrogens (primary N) is 1. The van der Waals surface area contributed by atoms with E-state index in [1.54, 1.807) is 46.3 Å². The lowest BCUT2D eigenvalue weighted by molar-refractivity contribution is -0.152. The molecule has 0 radical (unpaired) electrons. The molecule has 1 atom stereocenters. The van der Waals surface area contributed by atoms with Crippen LogP contribution in [0.2, 0.25) is 0 Å². The van der Waals surface area contributed by atoms with Crippen molar-refractivity contribution in [2.24, 2.45) is 11.1 Å². The standard InChI is InChI=1S/C14H21NO4/c1-14(2,13(16)19-5)12(15)10-8-9(17-3)6-7-11(10)18-4/h6-8,12H,15H2,1-5H3. The van der Waals surface area contributed by atoms with Gasteiger partial charge in [-0.3, -0.25) is 4.79 Å². The third kappa shape index (κ3) is 2.98. The summed E-state index contributed by atoms with van der Waals surface area (Å²) in [6.45, 7) is 3.48. The number of methoxy groups -OCH3 is 3. The van der Waals surface area contributed by atoms with Crippen LogP contribution in [0.5, 0.6) is 11.5 Å². The normalized spacial score (nSPS) is 12.7. The van der Waals surface area contributed by atoms with Crippen LogP contribution in [0.15, 0.2) is 18.2 Å². The van der Waals surface area contributed by atoms with E-state index in [0.717, 1.165) is 0 Å². The second kappa shape index (κ2) is 5.93. The average Bonchev–Trinajstić information content (AvgIpc) is 2.44. The van der Waals surface area contributed by atoms with Gasteiger partial charge in [0.05, 0.1) is 26.7 Å². The highest BCUT2D eigenvalue weighted by molar-refractivity contribution is 5.77. The number of carbonyl (C=O) groups is 1. The summed E-state index contributed by atoms with van der Waals surface area (Å²) in [6.07, 6.45) is 0. The van der Waals surface area contributed by atoms with E-state index in [9.17, 15) is 4.79 Å². The van der Waals surface area contributed by atoms with Crippen LogP contribution in [-0.4, -0.2) is 27.3 Å². The second-order valence-electron chi connectivity index (χ2n) is 4.80. The van der Waals surface area contributed by atoms with Crippen LogP contribution in [0.3, 0.4) is 0 Å². The molecule has 19 heavy (non-hydrogen) atoms. The van der Waals surface area contributed by atoms with E-state index in [2.05, 4.69) is 0 Å². The monoisotopic (exact) mass is 267 g/mol. The SMILES string of the molecule is COC(=O)C(C)(C)C(N)c1cc(OC)ccc1OC. The smallest absolute Gasteiger partial charge is 0.313 e. The lowest BCUT2D eigenvalue weighted by Crippen LogP contribution is -2.37. The number of benzene rings is 1. The molecular formula is C14H21NO4. The molecule has 106 valence electrons. The van der Waals surface area contributed by atoms with Crippen molar-refractivity contribution < 1.29 is 19.0 Å². The first-order chi connectivity index (χ1) is 8.88. The zero-order valence-electron chi connectivity index (χ0n) is 12.0. The van der Waals surface area contributed by atoms with Gasteiger partial charge in [-0.25, -0.2) is 0 Å². The largest absolute Gasteiger partial charge is 0.497 e. The second-order valence-corrected chi connectivity index (χ2v) is 4.80. The highest BCUT2D eigenvalue weighted by Crippen LogP contribution is 2.38. The Morgan fingerprint density at radius 1 is 1.21 bits per heavy atom. The fraction of sp³-hybridized carbons (Fsp3) is 0.500. The molecule has 0 saturated heterocycles. The van der Waals surface area contributed by atoms with Crippen molar-refractivity contribution in [3.8, 4) is 11.5 Å². The van der Waals surface area contributed by atoms with Crippen LogP contribution in [0.1, 0.15) is 25.5 Å². The minimum Gasteiger partial charge on any atom is -0.497 e. The lowest BCUT2D eigenvalue weighted by Gasteiger charge is -2.30. The van der Waals surface area contributed by atoms with E-state index in [4.69, 9.17) is 19.9 Å². The topological polar surface area (TPSA) is 70.8 Å². The summed E-state index contributed by atoms with van der Waals surface area (Å²) in [5, 5.41) is 0. The minimum atomic E-state index is -0.867. The lowest BCUT2D eigenvalue weighted by atomic mass is 9.80. The summed E-state index contributed by atoms with van der Waals surface area (Å²) in [5.41, 5.74) is 6.05. The van der Waals surface area contributed by atoms with Crippen molar-refractivity contribution >= 4 is 5.97 Å². The Hall–Kier alpha value is -1.75. The molecule has 1 rings (SSSR count). The van der Waals surface area contributed by atoms with Gasteiger partial charge in [-0.15, -0.1) is 0 Å². The molecule has 0 spiro atoms. The van der Waals surface area contributed by atoms with E-state index in [-0.39, 0.29) is 5.97 Å². The number of ether oxygens (including phenoxy) is 3. The predicted octanol–water partition coefficient (Wildman–Crippen LogP) is 1.90. The van der Waals surface area contributed by atoms with Gasteiger partial charge in [0, 0.05) is 11.6 Å². The zero-order chi connectivity index (χ0) is 14.6. The molecule has 0 bridgehead atoms. The molecule has 0 aliphatic rings. The van der Waals surface area contributed by atoms with E-state index in [0.29, 0.717) is 17.1 Å². The number of carbonyl (C=O) groups excluding carboxylic acids is 1. The van der Waals surface area contributed by atoms with Crippen molar-refractivity contribution in [1.29, 1.82) is 0 Å².